The van der Waals surface area contributed by atoms with Crippen molar-refractivity contribution in [1.82, 2.24) is 4.31 Å². The van der Waals surface area contributed by atoms with Crippen molar-refractivity contribution in [1.29, 1.82) is 0 Å². The lowest BCUT2D eigenvalue weighted by molar-refractivity contribution is -0.123. The molecule has 0 radical (unpaired) electrons. The van der Waals surface area contributed by atoms with E-state index >= 15 is 0 Å². The maximum atomic E-state index is 12.1. The normalized spacial score (nSPS) is 27.9. The van der Waals surface area contributed by atoms with Gasteiger partial charge in [0.05, 0.1) is 11.1 Å². The highest BCUT2D eigenvalue weighted by Gasteiger charge is 2.40. The van der Waals surface area contributed by atoms with E-state index < -0.39 is 0 Å². The molecule has 1 saturated heterocycles. The van der Waals surface area contributed by atoms with Gasteiger partial charge in [-0.2, -0.15) is 12.6 Å². The van der Waals surface area contributed by atoms with Crippen LogP contribution in [-0.4, -0.2) is 25.7 Å². The molecule has 0 bridgehead atoms. The average molecular weight is 282 g/mol. The number of hydrogen-bond acceptors (Lipinski definition) is 5. The molecule has 0 aromatic heterocycles. The third kappa shape index (κ3) is 1.98. The van der Waals surface area contributed by atoms with Gasteiger partial charge in [0.15, 0.2) is 5.17 Å². The molecule has 2 aliphatic rings. The number of amides is 1. The Morgan fingerprint density at radius 2 is 2.12 bits per heavy atom. The number of hydrogen-bond donors (Lipinski definition) is 1. The number of carbonyl (C=O) groups is 1. The van der Waals surface area contributed by atoms with E-state index in [1.54, 1.807) is 16.1 Å². The van der Waals surface area contributed by atoms with E-state index in [4.69, 9.17) is 0 Å². The Morgan fingerprint density at radius 3 is 2.88 bits per heavy atom. The standard InChI is InChI=1S/C11H10N2OS3/c14-10-9(15)8(7-4-2-1-3-5-7)12-11-13(10)17-6-16-11/h1-5,8-9,15H,6H2/t8-,9+/m1/s1. The van der Waals surface area contributed by atoms with Gasteiger partial charge in [-0.25, -0.2) is 4.31 Å². The number of thiol groups is 1. The first-order valence-corrected chi connectivity index (χ1v) is 7.62. The van der Waals surface area contributed by atoms with Crippen molar-refractivity contribution in [3.63, 3.8) is 0 Å². The summed E-state index contributed by atoms with van der Waals surface area (Å²) >= 11 is 7.54. The molecule has 6 heteroatoms. The number of benzene rings is 1. The second-order valence-electron chi connectivity index (χ2n) is 3.74. The number of aliphatic imine (C=N–C) groups is 1. The zero-order valence-corrected chi connectivity index (χ0v) is 11.3. The van der Waals surface area contributed by atoms with Crippen LogP contribution in [0.25, 0.3) is 0 Å². The zero-order chi connectivity index (χ0) is 11.8. The van der Waals surface area contributed by atoms with E-state index in [0.29, 0.717) is 0 Å². The number of rotatable bonds is 1. The zero-order valence-electron chi connectivity index (χ0n) is 8.81. The molecule has 2 heterocycles. The first-order chi connectivity index (χ1) is 8.27. The molecule has 2 atom stereocenters. The van der Waals surface area contributed by atoms with Gasteiger partial charge in [-0.1, -0.05) is 42.1 Å². The summed E-state index contributed by atoms with van der Waals surface area (Å²) in [5.74, 6) is 0.0437. The maximum Gasteiger partial charge on any atom is 0.254 e. The third-order valence-corrected chi connectivity index (χ3v) is 5.36. The van der Waals surface area contributed by atoms with Crippen molar-refractivity contribution in [2.75, 3.05) is 5.08 Å². The lowest BCUT2D eigenvalue weighted by Gasteiger charge is -2.29. The summed E-state index contributed by atoms with van der Waals surface area (Å²) in [6.07, 6.45) is 0. The molecule has 3 nitrogen and oxygen atoms in total. The number of fused-ring (bicyclic) bond motifs is 1. The van der Waals surface area contributed by atoms with Crippen molar-refractivity contribution in [3.8, 4) is 0 Å². The summed E-state index contributed by atoms with van der Waals surface area (Å²) in [6.45, 7) is 0. The Kier molecular flexibility index (Phi) is 3.10. The fourth-order valence-corrected chi connectivity index (χ4v) is 4.44. The van der Waals surface area contributed by atoms with Gasteiger partial charge in [0, 0.05) is 0 Å². The SMILES string of the molecule is O=C1[C@@H](S)[C@@H](c2ccccc2)N=C2SCSN12. The van der Waals surface area contributed by atoms with Gasteiger partial charge in [-0.05, 0) is 17.5 Å². The second kappa shape index (κ2) is 4.59. The van der Waals surface area contributed by atoms with Gasteiger partial charge in [0.1, 0.15) is 5.25 Å². The molecule has 0 saturated carbocycles. The van der Waals surface area contributed by atoms with Gasteiger partial charge in [-0.15, -0.1) is 0 Å². The smallest absolute Gasteiger partial charge is 0.254 e. The maximum absolute atomic E-state index is 12.1. The first-order valence-electron chi connectivity index (χ1n) is 5.18. The van der Waals surface area contributed by atoms with Crippen LogP contribution in [0.5, 0.6) is 0 Å². The van der Waals surface area contributed by atoms with Crippen LogP contribution in [0.4, 0.5) is 0 Å². The van der Waals surface area contributed by atoms with Gasteiger partial charge >= 0.3 is 0 Å². The predicted octanol–water partition coefficient (Wildman–Crippen LogP) is 2.58. The molecular formula is C11H10N2OS3. The minimum absolute atomic E-state index is 0.0437. The Balaban J connectivity index is 2.00. The topological polar surface area (TPSA) is 32.7 Å². The fourth-order valence-electron chi connectivity index (χ4n) is 1.85. The monoisotopic (exact) mass is 282 g/mol. The molecule has 1 fully saturated rings. The highest BCUT2D eigenvalue weighted by molar-refractivity contribution is 8.28. The van der Waals surface area contributed by atoms with Gasteiger partial charge in [0.2, 0.25) is 0 Å². The molecule has 2 aliphatic heterocycles. The predicted molar refractivity (Wildman–Crippen MR) is 76.3 cm³/mol. The number of carbonyl (C=O) groups excluding carboxylic acids is 1. The summed E-state index contributed by atoms with van der Waals surface area (Å²) < 4.78 is 1.67. The Hall–Kier alpha value is -0.590. The molecule has 17 heavy (non-hydrogen) atoms. The van der Waals surface area contributed by atoms with E-state index in [9.17, 15) is 4.79 Å². The average Bonchev–Trinajstić information content (AvgIpc) is 2.83. The van der Waals surface area contributed by atoms with Crippen LogP contribution in [0, 0.1) is 0 Å². The molecule has 1 aromatic carbocycles. The van der Waals surface area contributed by atoms with E-state index in [1.807, 2.05) is 30.3 Å². The van der Waals surface area contributed by atoms with Crippen LogP contribution < -0.4 is 0 Å². The van der Waals surface area contributed by atoms with Gasteiger partial charge in [-0.3, -0.25) is 9.79 Å². The molecule has 0 spiro atoms. The number of nitrogens with zero attached hydrogens (tertiary/aromatic N) is 2. The van der Waals surface area contributed by atoms with E-state index in [-0.39, 0.29) is 17.2 Å². The van der Waals surface area contributed by atoms with Crippen molar-refractivity contribution < 1.29 is 4.79 Å². The summed E-state index contributed by atoms with van der Waals surface area (Å²) in [7, 11) is 0. The lowest BCUT2D eigenvalue weighted by atomic mass is 10.0. The molecule has 3 rings (SSSR count). The molecule has 88 valence electrons. The molecule has 1 aromatic rings. The Labute approximate surface area is 114 Å². The van der Waals surface area contributed by atoms with Crippen LogP contribution in [0.3, 0.4) is 0 Å². The Bertz CT molecular complexity index is 477. The van der Waals surface area contributed by atoms with Crippen LogP contribution in [0.1, 0.15) is 11.6 Å². The third-order valence-electron chi connectivity index (χ3n) is 2.69. The molecule has 0 N–H and O–H groups in total. The van der Waals surface area contributed by atoms with E-state index in [2.05, 4.69) is 17.6 Å². The summed E-state index contributed by atoms with van der Waals surface area (Å²) in [4.78, 5) is 16.8. The van der Waals surface area contributed by atoms with Gasteiger partial charge in [0.25, 0.3) is 5.91 Å². The molecular weight excluding hydrogens is 272 g/mol. The highest BCUT2D eigenvalue weighted by Crippen LogP contribution is 2.40. The largest absolute Gasteiger partial charge is 0.272 e. The van der Waals surface area contributed by atoms with Crippen LogP contribution in [-0.2, 0) is 4.79 Å². The lowest BCUT2D eigenvalue weighted by Crippen LogP contribution is -2.40. The van der Waals surface area contributed by atoms with E-state index in [1.165, 1.54) is 11.9 Å². The van der Waals surface area contributed by atoms with Crippen molar-refractivity contribution in [3.05, 3.63) is 35.9 Å². The molecule has 0 unspecified atom stereocenters. The minimum Gasteiger partial charge on any atom is -0.272 e. The van der Waals surface area contributed by atoms with E-state index in [0.717, 1.165) is 15.8 Å². The fraction of sp³-hybridized carbons (Fsp3) is 0.273. The summed E-state index contributed by atoms with van der Waals surface area (Å²) in [5, 5.41) is 1.29. The van der Waals surface area contributed by atoms with Crippen LogP contribution >= 0.6 is 36.3 Å². The molecule has 0 aliphatic carbocycles. The number of amidine groups is 1. The summed E-state index contributed by atoms with van der Waals surface area (Å²) in [6, 6.07) is 9.71. The first kappa shape index (κ1) is 11.5. The summed E-state index contributed by atoms with van der Waals surface area (Å²) in [5.41, 5.74) is 1.05. The molecule has 1 amide bonds. The van der Waals surface area contributed by atoms with Crippen molar-refractivity contribution in [2.45, 2.75) is 11.3 Å². The van der Waals surface area contributed by atoms with Crippen molar-refractivity contribution >= 4 is 47.4 Å². The van der Waals surface area contributed by atoms with Crippen LogP contribution in [0.2, 0.25) is 0 Å². The number of thioether (sulfide) groups is 1. The van der Waals surface area contributed by atoms with Crippen molar-refractivity contribution in [2.24, 2.45) is 4.99 Å². The quantitative estimate of drug-likeness (QED) is 0.635. The van der Waals surface area contributed by atoms with Gasteiger partial charge < -0.3 is 0 Å². The second-order valence-corrected chi connectivity index (χ2v) is 6.51. The van der Waals surface area contributed by atoms with Crippen LogP contribution in [0.15, 0.2) is 35.3 Å². The highest BCUT2D eigenvalue weighted by atomic mass is 32.2. The minimum atomic E-state index is -0.382. The Morgan fingerprint density at radius 1 is 1.35 bits per heavy atom.